The first-order valence-corrected chi connectivity index (χ1v) is 7.22. The molecule has 2 aromatic carbocycles. The van der Waals surface area contributed by atoms with Crippen molar-refractivity contribution in [3.8, 4) is 0 Å². The summed E-state index contributed by atoms with van der Waals surface area (Å²) in [6.07, 6.45) is 8.37. The molecule has 0 spiro atoms. The molecule has 1 heteroatoms. The minimum atomic E-state index is 0.755. The lowest BCUT2D eigenvalue weighted by atomic mass is 10.1. The molecule has 0 heterocycles. The average Bonchev–Trinajstić information content (AvgIpc) is 3.28. The lowest BCUT2D eigenvalue weighted by Gasteiger charge is -2.27. The van der Waals surface area contributed by atoms with Gasteiger partial charge in [0.05, 0.1) is 0 Å². The zero-order chi connectivity index (χ0) is 13.4. The number of hydrogen-bond donors (Lipinski definition) is 0. The predicted molar refractivity (Wildman–Crippen MR) is 83.8 cm³/mol. The number of anilines is 2. The molecule has 0 N–H and O–H groups in total. The topological polar surface area (TPSA) is 3.24 Å². The molecule has 0 aliphatic heterocycles. The summed E-state index contributed by atoms with van der Waals surface area (Å²) in [7, 11) is 0. The van der Waals surface area contributed by atoms with Crippen LogP contribution in [0.5, 0.6) is 0 Å². The number of fused-ring (bicyclic) bond motifs is 1. The maximum absolute atomic E-state index is 2.42. The van der Waals surface area contributed by atoms with E-state index in [0.29, 0.717) is 0 Å². The predicted octanol–water partition coefficient (Wildman–Crippen LogP) is 4.91. The summed E-state index contributed by atoms with van der Waals surface area (Å²) in [6.45, 7) is 0. The van der Waals surface area contributed by atoms with E-state index in [-0.39, 0.29) is 0 Å². The smallest absolute Gasteiger partial charge is 0.0461 e. The summed E-state index contributed by atoms with van der Waals surface area (Å²) in [5.74, 6) is 1.55. The largest absolute Gasteiger partial charge is 0.311 e. The molecule has 2 aliphatic rings. The van der Waals surface area contributed by atoms with Crippen molar-refractivity contribution in [2.24, 2.45) is 11.8 Å². The highest BCUT2D eigenvalue weighted by Gasteiger charge is 2.36. The van der Waals surface area contributed by atoms with Crippen LogP contribution in [-0.2, 0) is 0 Å². The van der Waals surface area contributed by atoms with Gasteiger partial charge >= 0.3 is 0 Å². The molecular weight excluding hydrogens is 242 g/mol. The van der Waals surface area contributed by atoms with E-state index in [1.165, 1.54) is 23.5 Å². The van der Waals surface area contributed by atoms with E-state index in [2.05, 4.69) is 83.8 Å². The SMILES string of the molecule is C1=CC2CC2C=C1N(c1ccccc1)c1ccccc1. The fourth-order valence-electron chi connectivity index (χ4n) is 2.90. The van der Waals surface area contributed by atoms with Gasteiger partial charge in [0.2, 0.25) is 0 Å². The van der Waals surface area contributed by atoms with E-state index in [1.807, 2.05) is 0 Å². The Labute approximate surface area is 119 Å². The molecule has 0 saturated heterocycles. The summed E-state index contributed by atoms with van der Waals surface area (Å²) in [5.41, 5.74) is 3.73. The number of hydrogen-bond acceptors (Lipinski definition) is 1. The van der Waals surface area contributed by atoms with Crippen molar-refractivity contribution in [1.29, 1.82) is 0 Å². The van der Waals surface area contributed by atoms with Crippen LogP contribution in [0.1, 0.15) is 6.42 Å². The van der Waals surface area contributed by atoms with E-state index in [9.17, 15) is 0 Å². The van der Waals surface area contributed by atoms with Gasteiger partial charge in [-0.15, -0.1) is 0 Å². The van der Waals surface area contributed by atoms with E-state index < -0.39 is 0 Å². The highest BCUT2D eigenvalue weighted by molar-refractivity contribution is 5.70. The summed E-state index contributed by atoms with van der Waals surface area (Å²) in [6, 6.07) is 21.2. The number of rotatable bonds is 3. The summed E-state index contributed by atoms with van der Waals surface area (Å²) in [4.78, 5) is 2.34. The molecule has 2 unspecified atom stereocenters. The first kappa shape index (κ1) is 11.5. The van der Waals surface area contributed by atoms with Crippen LogP contribution in [0.25, 0.3) is 0 Å². The zero-order valence-corrected chi connectivity index (χ0v) is 11.3. The van der Waals surface area contributed by atoms with Gasteiger partial charge in [-0.3, -0.25) is 0 Å². The third-order valence-electron chi connectivity index (χ3n) is 4.08. The molecule has 2 aliphatic carbocycles. The summed E-state index contributed by atoms with van der Waals surface area (Å²) < 4.78 is 0. The lowest BCUT2D eigenvalue weighted by molar-refractivity contribution is 0.950. The van der Waals surface area contributed by atoms with Gasteiger partial charge < -0.3 is 4.90 Å². The van der Waals surface area contributed by atoms with Crippen LogP contribution >= 0.6 is 0 Å². The molecule has 1 saturated carbocycles. The van der Waals surface area contributed by atoms with Gasteiger partial charge in [0.15, 0.2) is 0 Å². The van der Waals surface area contributed by atoms with Crippen molar-refractivity contribution >= 4 is 11.4 Å². The van der Waals surface area contributed by atoms with Gasteiger partial charge in [-0.1, -0.05) is 48.6 Å². The molecule has 2 aromatic rings. The summed E-state index contributed by atoms with van der Waals surface area (Å²) in [5, 5.41) is 0. The Bertz CT molecular complexity index is 615. The van der Waals surface area contributed by atoms with Crippen molar-refractivity contribution in [3.05, 3.63) is 84.6 Å². The van der Waals surface area contributed by atoms with Crippen molar-refractivity contribution in [2.45, 2.75) is 6.42 Å². The van der Waals surface area contributed by atoms with E-state index in [1.54, 1.807) is 0 Å². The number of nitrogens with zero attached hydrogens (tertiary/aromatic N) is 1. The first-order valence-electron chi connectivity index (χ1n) is 7.22. The Hall–Kier alpha value is -2.28. The second kappa shape index (κ2) is 4.68. The Morgan fingerprint density at radius 3 is 1.90 bits per heavy atom. The Morgan fingerprint density at radius 2 is 1.35 bits per heavy atom. The molecular formula is C19H17N. The van der Waals surface area contributed by atoms with Crippen LogP contribution in [0, 0.1) is 11.8 Å². The minimum absolute atomic E-state index is 0.755. The fourth-order valence-corrected chi connectivity index (χ4v) is 2.90. The van der Waals surface area contributed by atoms with Crippen molar-refractivity contribution < 1.29 is 0 Å². The molecule has 0 aromatic heterocycles. The molecule has 1 fully saturated rings. The van der Waals surface area contributed by atoms with Crippen LogP contribution in [0.15, 0.2) is 84.6 Å². The maximum Gasteiger partial charge on any atom is 0.0461 e. The van der Waals surface area contributed by atoms with Crippen LogP contribution in [-0.4, -0.2) is 0 Å². The molecule has 0 amide bonds. The van der Waals surface area contributed by atoms with E-state index in [4.69, 9.17) is 0 Å². The second-order valence-corrected chi connectivity index (χ2v) is 5.52. The minimum Gasteiger partial charge on any atom is -0.311 e. The number of benzene rings is 2. The first-order chi connectivity index (χ1) is 9.92. The Morgan fingerprint density at radius 1 is 0.750 bits per heavy atom. The summed E-state index contributed by atoms with van der Waals surface area (Å²) >= 11 is 0. The van der Waals surface area contributed by atoms with Crippen molar-refractivity contribution in [2.75, 3.05) is 4.90 Å². The molecule has 1 nitrogen and oxygen atoms in total. The average molecular weight is 259 g/mol. The lowest BCUT2D eigenvalue weighted by Crippen LogP contribution is -2.16. The molecule has 2 atom stereocenters. The van der Waals surface area contributed by atoms with Crippen molar-refractivity contribution in [1.82, 2.24) is 0 Å². The standard InChI is InChI=1S/C19H17N/c1-3-7-17(8-4-1)20(18-9-5-2-6-10-18)19-12-11-15-13-16(15)14-19/h1-12,14-16H,13H2. The van der Waals surface area contributed by atoms with Gasteiger partial charge in [0.1, 0.15) is 0 Å². The molecule has 0 radical (unpaired) electrons. The number of allylic oxidation sites excluding steroid dienone is 3. The van der Waals surface area contributed by atoms with E-state index in [0.717, 1.165) is 11.8 Å². The van der Waals surface area contributed by atoms with Gasteiger partial charge in [-0.05, 0) is 48.6 Å². The zero-order valence-electron chi connectivity index (χ0n) is 11.3. The molecule has 4 rings (SSSR count). The van der Waals surface area contributed by atoms with Gasteiger partial charge in [0.25, 0.3) is 0 Å². The van der Waals surface area contributed by atoms with Crippen LogP contribution in [0.2, 0.25) is 0 Å². The third kappa shape index (κ3) is 2.05. The molecule has 0 bridgehead atoms. The fraction of sp³-hybridized carbons (Fsp3) is 0.158. The highest BCUT2D eigenvalue weighted by Crippen LogP contribution is 2.46. The van der Waals surface area contributed by atoms with Gasteiger partial charge in [-0.25, -0.2) is 0 Å². The quantitative estimate of drug-likeness (QED) is 0.756. The normalized spacial score (nSPS) is 22.9. The van der Waals surface area contributed by atoms with Crippen LogP contribution in [0.4, 0.5) is 11.4 Å². The third-order valence-corrected chi connectivity index (χ3v) is 4.08. The van der Waals surface area contributed by atoms with Crippen LogP contribution in [0.3, 0.4) is 0 Å². The van der Waals surface area contributed by atoms with E-state index >= 15 is 0 Å². The van der Waals surface area contributed by atoms with Crippen LogP contribution < -0.4 is 4.90 Å². The van der Waals surface area contributed by atoms with Gasteiger partial charge in [-0.2, -0.15) is 0 Å². The van der Waals surface area contributed by atoms with Gasteiger partial charge in [0, 0.05) is 17.1 Å². The highest BCUT2D eigenvalue weighted by atomic mass is 15.1. The Kier molecular flexibility index (Phi) is 2.70. The number of para-hydroxylation sites is 2. The maximum atomic E-state index is 2.42. The Balaban J connectivity index is 1.80. The second-order valence-electron chi connectivity index (χ2n) is 5.52. The molecule has 98 valence electrons. The molecule has 20 heavy (non-hydrogen) atoms. The van der Waals surface area contributed by atoms with Crippen molar-refractivity contribution in [3.63, 3.8) is 0 Å². The monoisotopic (exact) mass is 259 g/mol.